The van der Waals surface area contributed by atoms with Gasteiger partial charge in [-0.2, -0.15) is 0 Å². The summed E-state index contributed by atoms with van der Waals surface area (Å²) < 4.78 is 36.0. The minimum absolute atomic E-state index is 0.00465. The van der Waals surface area contributed by atoms with E-state index in [2.05, 4.69) is 0 Å². The lowest BCUT2D eigenvalue weighted by Gasteiger charge is -2.43. The maximum Gasteiger partial charge on any atom is 0.241 e. The molecule has 2 aliphatic rings. The molecule has 2 fully saturated rings. The second-order valence-corrected chi connectivity index (χ2v) is 10.8. The molecule has 172 valence electrons. The summed E-state index contributed by atoms with van der Waals surface area (Å²) >= 11 is 0. The number of amides is 1. The van der Waals surface area contributed by atoms with E-state index in [4.69, 9.17) is 9.47 Å². The highest BCUT2D eigenvalue weighted by molar-refractivity contribution is 7.91. The molecule has 0 aromatic heterocycles. The third-order valence-electron chi connectivity index (χ3n) is 6.63. The standard InChI is InChI=1S/C24H30N2O5S/c1-16-5-6-19(11-17(16)2)26-22-15-32(28,29)14-21(22)25(13-24(26)27)10-9-18-12-20(30-3)7-8-23(18)31-4/h5-8,11-12,21-22H,9-10,13-15H2,1-4H3/t21-,22+/m0/s1. The van der Waals surface area contributed by atoms with E-state index in [-0.39, 0.29) is 36.0 Å². The number of hydrogen-bond donors (Lipinski definition) is 0. The van der Waals surface area contributed by atoms with Crippen molar-refractivity contribution >= 4 is 21.4 Å². The summed E-state index contributed by atoms with van der Waals surface area (Å²) in [5.74, 6) is 1.49. The monoisotopic (exact) mass is 458 g/mol. The topological polar surface area (TPSA) is 76.2 Å². The number of ether oxygens (including phenoxy) is 2. The number of piperazine rings is 1. The second-order valence-electron chi connectivity index (χ2n) is 8.64. The number of carbonyl (C=O) groups excluding carboxylic acids is 1. The van der Waals surface area contributed by atoms with Crippen molar-refractivity contribution in [3.8, 4) is 11.5 Å². The first-order valence-electron chi connectivity index (χ1n) is 10.8. The van der Waals surface area contributed by atoms with Gasteiger partial charge in [0.2, 0.25) is 5.91 Å². The highest BCUT2D eigenvalue weighted by Crippen LogP contribution is 2.33. The van der Waals surface area contributed by atoms with Crippen molar-refractivity contribution in [1.82, 2.24) is 4.90 Å². The maximum absolute atomic E-state index is 13.2. The van der Waals surface area contributed by atoms with Crippen LogP contribution in [0.5, 0.6) is 11.5 Å². The fourth-order valence-corrected chi connectivity index (χ4v) is 6.74. The van der Waals surface area contributed by atoms with Crippen LogP contribution >= 0.6 is 0 Å². The Morgan fingerprint density at radius 2 is 1.72 bits per heavy atom. The number of rotatable bonds is 6. The number of carbonyl (C=O) groups is 1. The normalized spacial score (nSPS) is 22.6. The van der Waals surface area contributed by atoms with Crippen LogP contribution in [-0.4, -0.2) is 70.1 Å². The van der Waals surface area contributed by atoms with E-state index < -0.39 is 9.84 Å². The molecule has 0 unspecified atom stereocenters. The van der Waals surface area contributed by atoms with Gasteiger partial charge in [-0.05, 0) is 67.3 Å². The van der Waals surface area contributed by atoms with Crippen LogP contribution in [0.1, 0.15) is 16.7 Å². The first-order valence-corrected chi connectivity index (χ1v) is 12.6. The first kappa shape index (κ1) is 22.6. The van der Waals surface area contributed by atoms with E-state index in [9.17, 15) is 13.2 Å². The van der Waals surface area contributed by atoms with Crippen molar-refractivity contribution in [3.63, 3.8) is 0 Å². The minimum atomic E-state index is -3.23. The van der Waals surface area contributed by atoms with E-state index >= 15 is 0 Å². The summed E-state index contributed by atoms with van der Waals surface area (Å²) in [5.41, 5.74) is 3.97. The zero-order chi connectivity index (χ0) is 23.0. The van der Waals surface area contributed by atoms with Crippen LogP contribution in [0.15, 0.2) is 36.4 Å². The Labute approximate surface area is 189 Å². The Morgan fingerprint density at radius 1 is 0.969 bits per heavy atom. The molecule has 2 atom stereocenters. The number of fused-ring (bicyclic) bond motifs is 1. The fourth-order valence-electron chi connectivity index (χ4n) is 4.76. The lowest BCUT2D eigenvalue weighted by atomic mass is 10.0. The Morgan fingerprint density at radius 3 is 2.41 bits per heavy atom. The number of anilines is 1. The van der Waals surface area contributed by atoms with Crippen LogP contribution in [0.4, 0.5) is 5.69 Å². The van der Waals surface area contributed by atoms with Gasteiger partial charge in [0.15, 0.2) is 9.84 Å². The second kappa shape index (κ2) is 8.75. The van der Waals surface area contributed by atoms with Crippen molar-refractivity contribution in [2.75, 3.05) is 43.7 Å². The predicted octanol–water partition coefficient (Wildman–Crippen LogP) is 2.38. The average Bonchev–Trinajstić information content (AvgIpc) is 3.08. The smallest absolute Gasteiger partial charge is 0.241 e. The minimum Gasteiger partial charge on any atom is -0.497 e. The number of sulfone groups is 1. The van der Waals surface area contributed by atoms with Gasteiger partial charge >= 0.3 is 0 Å². The predicted molar refractivity (Wildman–Crippen MR) is 124 cm³/mol. The maximum atomic E-state index is 13.2. The van der Waals surface area contributed by atoms with Crippen molar-refractivity contribution in [1.29, 1.82) is 0 Å². The van der Waals surface area contributed by atoms with Gasteiger partial charge in [0.05, 0.1) is 38.3 Å². The molecule has 4 rings (SSSR count). The van der Waals surface area contributed by atoms with E-state index in [0.717, 1.165) is 33.9 Å². The van der Waals surface area contributed by atoms with Crippen molar-refractivity contribution < 1.29 is 22.7 Å². The van der Waals surface area contributed by atoms with E-state index in [1.807, 2.05) is 55.1 Å². The Kier molecular flexibility index (Phi) is 6.18. The zero-order valence-corrected chi connectivity index (χ0v) is 19.8. The van der Waals surface area contributed by atoms with Crippen molar-refractivity contribution in [3.05, 3.63) is 53.1 Å². The molecule has 2 aromatic rings. The van der Waals surface area contributed by atoms with Gasteiger partial charge < -0.3 is 14.4 Å². The van der Waals surface area contributed by atoms with Crippen molar-refractivity contribution in [2.24, 2.45) is 0 Å². The van der Waals surface area contributed by atoms with Gasteiger partial charge in [0.1, 0.15) is 11.5 Å². The molecule has 2 aliphatic heterocycles. The average molecular weight is 459 g/mol. The fraction of sp³-hybridized carbons (Fsp3) is 0.458. The van der Waals surface area contributed by atoms with Crippen molar-refractivity contribution in [2.45, 2.75) is 32.4 Å². The zero-order valence-electron chi connectivity index (χ0n) is 19.0. The number of methoxy groups -OCH3 is 2. The van der Waals surface area contributed by atoms with Gasteiger partial charge in [-0.1, -0.05) is 6.07 Å². The molecular weight excluding hydrogens is 428 g/mol. The molecule has 1 amide bonds. The number of nitrogens with zero attached hydrogens (tertiary/aromatic N) is 2. The molecule has 0 bridgehead atoms. The molecule has 7 nitrogen and oxygen atoms in total. The molecule has 0 N–H and O–H groups in total. The lowest BCUT2D eigenvalue weighted by molar-refractivity contribution is -0.123. The Hall–Kier alpha value is -2.58. The number of hydrogen-bond acceptors (Lipinski definition) is 6. The summed E-state index contributed by atoms with van der Waals surface area (Å²) in [6.45, 7) is 4.78. The quantitative estimate of drug-likeness (QED) is 0.662. The molecule has 0 aliphatic carbocycles. The Balaban J connectivity index is 1.60. The highest BCUT2D eigenvalue weighted by Gasteiger charge is 2.49. The molecule has 2 heterocycles. The molecule has 0 saturated carbocycles. The summed E-state index contributed by atoms with van der Waals surface area (Å²) in [4.78, 5) is 17.0. The summed E-state index contributed by atoms with van der Waals surface area (Å²) in [6.07, 6.45) is 0.626. The SMILES string of the molecule is COc1ccc(OC)c(CCN2CC(=O)N(c3ccc(C)c(C)c3)[C@@H]3CS(=O)(=O)C[C@@H]32)c1. The lowest BCUT2D eigenvalue weighted by Crippen LogP contribution is -2.62. The summed E-state index contributed by atoms with van der Waals surface area (Å²) in [6, 6.07) is 10.9. The van der Waals surface area contributed by atoms with Crippen LogP contribution in [0, 0.1) is 13.8 Å². The Bertz CT molecular complexity index is 1130. The third kappa shape index (κ3) is 4.34. The van der Waals surface area contributed by atoms with Crippen LogP contribution in [0.2, 0.25) is 0 Å². The summed E-state index contributed by atoms with van der Waals surface area (Å²) in [5, 5.41) is 0. The highest BCUT2D eigenvalue weighted by atomic mass is 32.2. The third-order valence-corrected chi connectivity index (χ3v) is 8.32. The van der Waals surface area contributed by atoms with Gasteiger partial charge in [-0.25, -0.2) is 8.42 Å². The molecule has 8 heteroatoms. The number of benzene rings is 2. The molecule has 0 radical (unpaired) electrons. The van der Waals surface area contributed by atoms with Crippen LogP contribution in [-0.2, 0) is 21.1 Å². The van der Waals surface area contributed by atoms with E-state index in [1.54, 1.807) is 19.1 Å². The molecule has 32 heavy (non-hydrogen) atoms. The number of aryl methyl sites for hydroxylation is 2. The van der Waals surface area contributed by atoms with Gasteiger partial charge in [0.25, 0.3) is 0 Å². The van der Waals surface area contributed by atoms with E-state index in [0.29, 0.717) is 13.0 Å². The van der Waals surface area contributed by atoms with Gasteiger partial charge in [0, 0.05) is 18.3 Å². The molecule has 2 aromatic carbocycles. The van der Waals surface area contributed by atoms with Crippen LogP contribution in [0.3, 0.4) is 0 Å². The van der Waals surface area contributed by atoms with Gasteiger partial charge in [-0.15, -0.1) is 0 Å². The first-order chi connectivity index (χ1) is 15.2. The van der Waals surface area contributed by atoms with Crippen LogP contribution in [0.25, 0.3) is 0 Å². The largest absolute Gasteiger partial charge is 0.497 e. The molecule has 2 saturated heterocycles. The molecule has 0 spiro atoms. The summed E-state index contributed by atoms with van der Waals surface area (Å²) in [7, 11) is 0.00602. The van der Waals surface area contributed by atoms with Gasteiger partial charge in [-0.3, -0.25) is 9.69 Å². The van der Waals surface area contributed by atoms with E-state index in [1.165, 1.54) is 0 Å². The molecular formula is C24H30N2O5S. The van der Waals surface area contributed by atoms with Crippen LogP contribution < -0.4 is 14.4 Å².